The molecule has 0 atom stereocenters. The van der Waals surface area contributed by atoms with Crippen molar-refractivity contribution in [1.82, 2.24) is 9.03 Å². The van der Waals surface area contributed by atoms with Crippen molar-refractivity contribution in [2.75, 3.05) is 19.6 Å². The highest BCUT2D eigenvalue weighted by Crippen LogP contribution is 1.96. The lowest BCUT2D eigenvalue weighted by molar-refractivity contribution is 0.435. The fourth-order valence-electron chi connectivity index (χ4n) is 0.958. The van der Waals surface area contributed by atoms with Gasteiger partial charge in [0.05, 0.1) is 4.99 Å². The third-order valence-electron chi connectivity index (χ3n) is 1.70. The average Bonchev–Trinajstić information content (AvgIpc) is 2.04. The van der Waals surface area contributed by atoms with Crippen LogP contribution in [0.5, 0.6) is 0 Å². The minimum atomic E-state index is -3.35. The molecule has 0 bridgehead atoms. The van der Waals surface area contributed by atoms with E-state index in [-0.39, 0.29) is 6.54 Å². The molecule has 7 heteroatoms. The van der Waals surface area contributed by atoms with Crippen LogP contribution in [0, 0.1) is 0 Å². The number of rotatable bonds is 7. The maximum atomic E-state index is 11.5. The van der Waals surface area contributed by atoms with E-state index in [9.17, 15) is 8.42 Å². The van der Waals surface area contributed by atoms with Crippen molar-refractivity contribution in [3.63, 3.8) is 0 Å². The molecule has 0 spiro atoms. The highest BCUT2D eigenvalue weighted by Gasteiger charge is 2.16. The van der Waals surface area contributed by atoms with E-state index in [0.717, 1.165) is 0 Å². The van der Waals surface area contributed by atoms with E-state index in [0.29, 0.717) is 24.5 Å². The minimum Gasteiger partial charge on any atom is -0.393 e. The summed E-state index contributed by atoms with van der Waals surface area (Å²) in [4.78, 5) is 0.312. The second-order valence-corrected chi connectivity index (χ2v) is 4.98. The van der Waals surface area contributed by atoms with E-state index in [1.807, 2.05) is 0 Å². The van der Waals surface area contributed by atoms with Crippen molar-refractivity contribution in [3.05, 3.63) is 0 Å². The molecule has 0 saturated heterocycles. The van der Waals surface area contributed by atoms with Crippen molar-refractivity contribution >= 4 is 27.4 Å². The summed E-state index contributed by atoms with van der Waals surface area (Å²) in [7, 11) is -3.35. The van der Waals surface area contributed by atoms with Crippen LogP contribution >= 0.6 is 12.2 Å². The Kier molecular flexibility index (Phi) is 6.17. The van der Waals surface area contributed by atoms with Crippen LogP contribution in [-0.4, -0.2) is 37.3 Å². The first kappa shape index (κ1) is 13.8. The van der Waals surface area contributed by atoms with Gasteiger partial charge in [0.25, 0.3) is 10.2 Å². The van der Waals surface area contributed by atoms with Crippen molar-refractivity contribution < 1.29 is 8.42 Å². The summed E-state index contributed by atoms with van der Waals surface area (Å²) in [5.41, 5.74) is 5.25. The molecule has 84 valence electrons. The molecule has 0 aliphatic rings. The molecule has 0 aliphatic carbocycles. The molecule has 0 fully saturated rings. The first-order valence-electron chi connectivity index (χ1n) is 4.47. The van der Waals surface area contributed by atoms with Gasteiger partial charge in [0.2, 0.25) is 0 Å². The van der Waals surface area contributed by atoms with Crippen LogP contribution in [-0.2, 0) is 10.2 Å². The van der Waals surface area contributed by atoms with Crippen LogP contribution in [0.25, 0.3) is 0 Å². The highest BCUT2D eigenvalue weighted by atomic mass is 32.2. The van der Waals surface area contributed by atoms with E-state index in [1.54, 1.807) is 13.8 Å². The zero-order valence-electron chi connectivity index (χ0n) is 8.49. The first-order chi connectivity index (χ1) is 6.44. The largest absolute Gasteiger partial charge is 0.393 e. The summed E-state index contributed by atoms with van der Waals surface area (Å²) >= 11 is 4.64. The zero-order valence-corrected chi connectivity index (χ0v) is 10.1. The Hall–Kier alpha value is -0.240. The molecule has 0 unspecified atom stereocenters. The number of nitrogens with two attached hydrogens (primary N) is 1. The molecule has 5 nitrogen and oxygen atoms in total. The maximum absolute atomic E-state index is 11.5. The summed E-state index contributed by atoms with van der Waals surface area (Å²) < 4.78 is 26.8. The van der Waals surface area contributed by atoms with Gasteiger partial charge in [0, 0.05) is 26.1 Å². The number of nitrogens with zero attached hydrogens (tertiary/aromatic N) is 1. The summed E-state index contributed by atoms with van der Waals surface area (Å²) in [5, 5.41) is 0. The Labute approximate surface area is 90.8 Å². The number of nitrogens with one attached hydrogen (secondary N) is 1. The van der Waals surface area contributed by atoms with Gasteiger partial charge < -0.3 is 5.73 Å². The number of hydrogen-bond donors (Lipinski definition) is 2. The van der Waals surface area contributed by atoms with Crippen LogP contribution in [0.15, 0.2) is 0 Å². The Bertz CT molecular complexity index is 273. The monoisotopic (exact) mass is 239 g/mol. The molecule has 0 heterocycles. The van der Waals surface area contributed by atoms with Crippen LogP contribution in [0.4, 0.5) is 0 Å². The standard InChI is InChI=1S/C7H17N3O2S2/c1-3-10(4-2)14(11,12)9-6-5-7(8)13/h9H,3-6H2,1-2H3,(H2,8,13). The average molecular weight is 239 g/mol. The Balaban J connectivity index is 4.13. The van der Waals surface area contributed by atoms with Gasteiger partial charge >= 0.3 is 0 Å². The van der Waals surface area contributed by atoms with E-state index in [4.69, 9.17) is 5.73 Å². The van der Waals surface area contributed by atoms with Gasteiger partial charge in [-0.2, -0.15) is 12.7 Å². The second kappa shape index (κ2) is 6.28. The molecular weight excluding hydrogens is 222 g/mol. The molecule has 0 aromatic carbocycles. The molecular formula is C7H17N3O2S2. The molecule has 0 radical (unpaired) electrons. The third kappa shape index (κ3) is 4.85. The smallest absolute Gasteiger partial charge is 0.279 e. The van der Waals surface area contributed by atoms with E-state index >= 15 is 0 Å². The summed E-state index contributed by atoms with van der Waals surface area (Å²) in [6, 6.07) is 0. The molecule has 0 aromatic heterocycles. The van der Waals surface area contributed by atoms with Crippen LogP contribution in [0.2, 0.25) is 0 Å². The third-order valence-corrected chi connectivity index (χ3v) is 3.67. The SMILES string of the molecule is CCN(CC)S(=O)(=O)NCCC(N)=S. The zero-order chi connectivity index (χ0) is 11.2. The van der Waals surface area contributed by atoms with E-state index in [2.05, 4.69) is 16.9 Å². The summed E-state index contributed by atoms with van der Waals surface area (Å²) in [6.07, 6.45) is 0.385. The van der Waals surface area contributed by atoms with Gasteiger partial charge in [0.15, 0.2) is 0 Å². The minimum absolute atomic E-state index is 0.258. The maximum Gasteiger partial charge on any atom is 0.279 e. The normalized spacial score (nSPS) is 11.9. The van der Waals surface area contributed by atoms with Crippen molar-refractivity contribution in [2.24, 2.45) is 5.73 Å². The predicted molar refractivity (Wildman–Crippen MR) is 61.2 cm³/mol. The Morgan fingerprint density at radius 2 is 1.93 bits per heavy atom. The van der Waals surface area contributed by atoms with Gasteiger partial charge in [0.1, 0.15) is 0 Å². The van der Waals surface area contributed by atoms with Gasteiger partial charge in [-0.15, -0.1) is 0 Å². The fraction of sp³-hybridized carbons (Fsp3) is 0.857. The van der Waals surface area contributed by atoms with Gasteiger partial charge in [-0.1, -0.05) is 26.1 Å². The molecule has 3 N–H and O–H groups in total. The van der Waals surface area contributed by atoms with Crippen LogP contribution < -0.4 is 10.5 Å². The van der Waals surface area contributed by atoms with Crippen molar-refractivity contribution in [2.45, 2.75) is 20.3 Å². The lowest BCUT2D eigenvalue weighted by Gasteiger charge is -2.18. The summed E-state index contributed by atoms with van der Waals surface area (Å²) in [5.74, 6) is 0. The molecule has 0 aliphatic heterocycles. The molecule has 0 rings (SSSR count). The quantitative estimate of drug-likeness (QED) is 0.605. The molecule has 14 heavy (non-hydrogen) atoms. The Morgan fingerprint density at radius 1 is 1.43 bits per heavy atom. The van der Waals surface area contributed by atoms with Crippen LogP contribution in [0.3, 0.4) is 0 Å². The molecule has 0 saturated carbocycles. The van der Waals surface area contributed by atoms with E-state index < -0.39 is 10.2 Å². The number of thiocarbonyl (C=S) groups is 1. The lowest BCUT2D eigenvalue weighted by Crippen LogP contribution is -2.41. The Morgan fingerprint density at radius 3 is 2.29 bits per heavy atom. The summed E-state index contributed by atoms with van der Waals surface area (Å²) in [6.45, 7) is 4.75. The van der Waals surface area contributed by atoms with E-state index in [1.165, 1.54) is 4.31 Å². The second-order valence-electron chi connectivity index (χ2n) is 2.70. The predicted octanol–water partition coefficient (Wildman–Crippen LogP) is -0.161. The van der Waals surface area contributed by atoms with Crippen molar-refractivity contribution in [3.8, 4) is 0 Å². The van der Waals surface area contributed by atoms with Crippen molar-refractivity contribution in [1.29, 1.82) is 0 Å². The lowest BCUT2D eigenvalue weighted by atomic mass is 10.4. The van der Waals surface area contributed by atoms with Gasteiger partial charge in [-0.3, -0.25) is 0 Å². The highest BCUT2D eigenvalue weighted by molar-refractivity contribution is 7.87. The number of hydrogen-bond acceptors (Lipinski definition) is 3. The fourth-order valence-corrected chi connectivity index (χ4v) is 2.28. The van der Waals surface area contributed by atoms with Gasteiger partial charge in [-0.05, 0) is 0 Å². The van der Waals surface area contributed by atoms with Gasteiger partial charge in [-0.25, -0.2) is 4.72 Å². The van der Waals surface area contributed by atoms with Crippen LogP contribution in [0.1, 0.15) is 20.3 Å². The first-order valence-corrected chi connectivity index (χ1v) is 6.31. The molecule has 0 amide bonds. The molecule has 0 aromatic rings. The topological polar surface area (TPSA) is 75.4 Å².